The quantitative estimate of drug-likeness (QED) is 0.527. The number of hydrogen-bond acceptors (Lipinski definition) is 4. The van der Waals surface area contributed by atoms with E-state index in [1.165, 1.54) is 5.01 Å². The second-order valence-electron chi connectivity index (χ2n) is 5.26. The monoisotopic (exact) mass is 395 g/mol. The van der Waals surface area contributed by atoms with E-state index >= 15 is 0 Å². The number of para-hydroxylation sites is 1. The van der Waals surface area contributed by atoms with Gasteiger partial charge in [-0.25, -0.2) is 5.01 Å². The Morgan fingerprint density at radius 3 is 2.76 bits per heavy atom. The first-order valence-corrected chi connectivity index (χ1v) is 8.21. The molecule has 7 heteroatoms. The summed E-state index contributed by atoms with van der Waals surface area (Å²) in [4.78, 5) is 11.5. The predicted molar refractivity (Wildman–Crippen MR) is 99.7 cm³/mol. The lowest BCUT2D eigenvalue weighted by Gasteiger charge is -2.21. The molecule has 0 aliphatic heterocycles. The van der Waals surface area contributed by atoms with Crippen LogP contribution in [0, 0.1) is 11.3 Å². The Kier molecular flexibility index (Phi) is 4.82. The number of aryl methyl sites for hydroxylation is 1. The SMILES string of the molecule is Cn1ncc(Br)c1-c1cccc(NN(C=O)c2ccccc2C#N)c1. The van der Waals surface area contributed by atoms with E-state index in [0.29, 0.717) is 23.3 Å². The molecule has 1 aromatic heterocycles. The van der Waals surface area contributed by atoms with Gasteiger partial charge in [-0.3, -0.25) is 14.9 Å². The second kappa shape index (κ2) is 7.20. The maximum Gasteiger partial charge on any atom is 0.232 e. The smallest absolute Gasteiger partial charge is 0.232 e. The number of nitrogens with one attached hydrogen (secondary N) is 1. The largest absolute Gasteiger partial charge is 0.292 e. The average molecular weight is 396 g/mol. The number of hydrogen-bond donors (Lipinski definition) is 1. The Hall–Kier alpha value is -3.11. The standard InChI is InChI=1S/C18H14BrN5O/c1-23-18(16(19)11-21-23)13-6-4-7-15(9-13)22-24(12-25)17-8-3-2-5-14(17)10-20/h2-9,11-12,22H,1H3. The van der Waals surface area contributed by atoms with Gasteiger partial charge >= 0.3 is 0 Å². The molecule has 25 heavy (non-hydrogen) atoms. The van der Waals surface area contributed by atoms with Crippen LogP contribution in [-0.4, -0.2) is 16.2 Å². The predicted octanol–water partition coefficient (Wildman–Crippen LogP) is 3.71. The number of benzene rings is 2. The lowest BCUT2D eigenvalue weighted by atomic mass is 10.1. The molecule has 0 atom stereocenters. The average Bonchev–Trinajstić information content (AvgIpc) is 2.98. The number of halogens is 1. The van der Waals surface area contributed by atoms with Crippen molar-refractivity contribution in [2.45, 2.75) is 0 Å². The maximum absolute atomic E-state index is 11.5. The molecule has 0 fully saturated rings. The zero-order valence-electron chi connectivity index (χ0n) is 13.3. The van der Waals surface area contributed by atoms with Crippen LogP contribution in [0.2, 0.25) is 0 Å². The molecule has 0 saturated carbocycles. The molecule has 0 aliphatic rings. The first kappa shape index (κ1) is 16.7. The van der Waals surface area contributed by atoms with Crippen molar-refractivity contribution in [2.24, 2.45) is 7.05 Å². The van der Waals surface area contributed by atoms with Gasteiger partial charge in [0, 0.05) is 12.6 Å². The van der Waals surface area contributed by atoms with Crippen LogP contribution in [-0.2, 0) is 11.8 Å². The first-order chi connectivity index (χ1) is 12.1. The number of aromatic nitrogens is 2. The van der Waals surface area contributed by atoms with Gasteiger partial charge in [-0.15, -0.1) is 0 Å². The molecule has 0 radical (unpaired) electrons. The van der Waals surface area contributed by atoms with Crippen molar-refractivity contribution in [3.63, 3.8) is 0 Å². The van der Waals surface area contributed by atoms with Gasteiger partial charge in [0.15, 0.2) is 0 Å². The van der Waals surface area contributed by atoms with Gasteiger partial charge in [0.25, 0.3) is 0 Å². The zero-order valence-corrected chi connectivity index (χ0v) is 14.9. The maximum atomic E-state index is 11.5. The molecule has 6 nitrogen and oxygen atoms in total. The lowest BCUT2D eigenvalue weighted by Crippen LogP contribution is -2.28. The number of amides is 1. The van der Waals surface area contributed by atoms with Crippen molar-refractivity contribution in [3.05, 3.63) is 64.8 Å². The van der Waals surface area contributed by atoms with E-state index in [2.05, 4.69) is 32.5 Å². The minimum atomic E-state index is 0.410. The molecule has 1 N–H and O–H groups in total. The van der Waals surface area contributed by atoms with Crippen molar-refractivity contribution in [3.8, 4) is 17.3 Å². The summed E-state index contributed by atoms with van der Waals surface area (Å²) in [5, 5.41) is 14.7. The van der Waals surface area contributed by atoms with E-state index in [1.807, 2.05) is 31.3 Å². The van der Waals surface area contributed by atoms with Crippen LogP contribution in [0.1, 0.15) is 5.56 Å². The van der Waals surface area contributed by atoms with Gasteiger partial charge in [0.05, 0.1) is 33.3 Å². The van der Waals surface area contributed by atoms with E-state index in [9.17, 15) is 10.1 Å². The summed E-state index contributed by atoms with van der Waals surface area (Å²) in [6.07, 6.45) is 2.37. The molecular weight excluding hydrogens is 382 g/mol. The van der Waals surface area contributed by atoms with Crippen LogP contribution in [0.4, 0.5) is 11.4 Å². The second-order valence-corrected chi connectivity index (χ2v) is 6.12. The number of rotatable bonds is 5. The highest BCUT2D eigenvalue weighted by Crippen LogP contribution is 2.29. The molecule has 0 unspecified atom stereocenters. The number of carbonyl (C=O) groups is 1. The van der Waals surface area contributed by atoms with E-state index in [4.69, 9.17) is 0 Å². The third kappa shape index (κ3) is 3.39. The summed E-state index contributed by atoms with van der Waals surface area (Å²) in [6, 6.07) is 16.6. The van der Waals surface area contributed by atoms with E-state index in [-0.39, 0.29) is 0 Å². The molecule has 1 heterocycles. The molecule has 0 bridgehead atoms. The molecule has 124 valence electrons. The Balaban J connectivity index is 1.94. The normalized spacial score (nSPS) is 10.1. The van der Waals surface area contributed by atoms with Gasteiger partial charge in [-0.2, -0.15) is 10.4 Å². The number of hydrazine groups is 1. The molecule has 2 aromatic carbocycles. The number of nitrogens with zero attached hydrogens (tertiary/aromatic N) is 4. The summed E-state index contributed by atoms with van der Waals surface area (Å²) in [7, 11) is 1.86. The highest BCUT2D eigenvalue weighted by molar-refractivity contribution is 9.10. The number of nitriles is 1. The minimum absolute atomic E-state index is 0.410. The van der Waals surface area contributed by atoms with Crippen LogP contribution in [0.15, 0.2) is 59.2 Å². The van der Waals surface area contributed by atoms with Crippen molar-refractivity contribution in [1.29, 1.82) is 5.26 Å². The molecule has 3 aromatic rings. The summed E-state index contributed by atoms with van der Waals surface area (Å²) in [5.41, 5.74) is 6.52. The number of carbonyl (C=O) groups excluding carboxylic acids is 1. The van der Waals surface area contributed by atoms with Gasteiger partial charge in [0.2, 0.25) is 6.41 Å². The van der Waals surface area contributed by atoms with Crippen molar-refractivity contribution < 1.29 is 4.79 Å². The van der Waals surface area contributed by atoms with Crippen LogP contribution in [0.5, 0.6) is 0 Å². The first-order valence-electron chi connectivity index (χ1n) is 7.42. The number of anilines is 2. The molecule has 0 saturated heterocycles. The van der Waals surface area contributed by atoms with Crippen LogP contribution in [0.25, 0.3) is 11.3 Å². The summed E-state index contributed by atoms with van der Waals surface area (Å²) < 4.78 is 2.65. The van der Waals surface area contributed by atoms with Crippen molar-refractivity contribution in [1.82, 2.24) is 9.78 Å². The molecule has 1 amide bonds. The Bertz CT molecular complexity index is 941. The molecule has 0 aliphatic carbocycles. The van der Waals surface area contributed by atoms with E-state index < -0.39 is 0 Å². The zero-order chi connectivity index (χ0) is 17.8. The third-order valence-corrected chi connectivity index (χ3v) is 4.25. The molecular formula is C18H14BrN5O. The Morgan fingerprint density at radius 2 is 2.08 bits per heavy atom. The van der Waals surface area contributed by atoms with E-state index in [1.54, 1.807) is 35.1 Å². The van der Waals surface area contributed by atoms with Crippen LogP contribution >= 0.6 is 15.9 Å². The highest BCUT2D eigenvalue weighted by Gasteiger charge is 2.12. The van der Waals surface area contributed by atoms with Crippen LogP contribution < -0.4 is 10.4 Å². The fourth-order valence-electron chi connectivity index (χ4n) is 2.53. The van der Waals surface area contributed by atoms with Gasteiger partial charge in [0.1, 0.15) is 6.07 Å². The van der Waals surface area contributed by atoms with Crippen LogP contribution in [0.3, 0.4) is 0 Å². The summed E-state index contributed by atoms with van der Waals surface area (Å²) >= 11 is 3.49. The fraction of sp³-hybridized carbons (Fsp3) is 0.0556. The summed E-state index contributed by atoms with van der Waals surface area (Å²) in [6.45, 7) is 0. The van der Waals surface area contributed by atoms with Gasteiger partial charge in [-0.05, 0) is 40.2 Å². The topological polar surface area (TPSA) is 74.0 Å². The highest BCUT2D eigenvalue weighted by atomic mass is 79.9. The van der Waals surface area contributed by atoms with Crippen molar-refractivity contribution in [2.75, 3.05) is 10.4 Å². The van der Waals surface area contributed by atoms with Gasteiger partial charge < -0.3 is 0 Å². The van der Waals surface area contributed by atoms with Gasteiger partial charge in [-0.1, -0.05) is 24.3 Å². The Labute approximate surface area is 153 Å². The fourth-order valence-corrected chi connectivity index (χ4v) is 3.11. The van der Waals surface area contributed by atoms with Crippen molar-refractivity contribution >= 4 is 33.7 Å². The Morgan fingerprint density at radius 1 is 1.28 bits per heavy atom. The summed E-state index contributed by atoms with van der Waals surface area (Å²) in [5.74, 6) is 0. The molecule has 3 rings (SSSR count). The molecule has 0 spiro atoms. The minimum Gasteiger partial charge on any atom is -0.292 e. The third-order valence-electron chi connectivity index (χ3n) is 3.67. The lowest BCUT2D eigenvalue weighted by molar-refractivity contribution is -0.107. The van der Waals surface area contributed by atoms with E-state index in [0.717, 1.165) is 15.7 Å².